The van der Waals surface area contributed by atoms with E-state index in [-0.39, 0.29) is 34.1 Å². The summed E-state index contributed by atoms with van der Waals surface area (Å²) >= 11 is 12.3. The van der Waals surface area contributed by atoms with E-state index in [1.807, 2.05) is 84.9 Å². The van der Waals surface area contributed by atoms with Crippen molar-refractivity contribution < 1.29 is 14.6 Å². The van der Waals surface area contributed by atoms with Gasteiger partial charge in [0.25, 0.3) is 5.91 Å². The number of carbonyl (C=O) groups excluding carboxylic acids is 1. The molecule has 0 aliphatic carbocycles. The molecule has 0 aliphatic rings. The van der Waals surface area contributed by atoms with Crippen molar-refractivity contribution in [3.63, 3.8) is 0 Å². The molecule has 0 atom stereocenters. The summed E-state index contributed by atoms with van der Waals surface area (Å²) in [6, 6.07) is 29.7. The van der Waals surface area contributed by atoms with Gasteiger partial charge in [-0.25, -0.2) is 0 Å². The minimum absolute atomic E-state index is 0.0763. The summed E-state index contributed by atoms with van der Waals surface area (Å²) in [7, 11) is 0. The number of benzene rings is 4. The number of aromatic nitrogens is 3. The molecule has 0 bridgehead atoms. The van der Waals surface area contributed by atoms with Gasteiger partial charge in [-0.15, -0.1) is 10.2 Å². The van der Waals surface area contributed by atoms with Crippen LogP contribution in [-0.4, -0.2) is 25.8 Å². The zero-order valence-corrected chi connectivity index (χ0v) is 21.5. The van der Waals surface area contributed by atoms with Gasteiger partial charge in [-0.3, -0.25) is 9.36 Å². The molecule has 0 fully saturated rings. The SMILES string of the molecule is O=C(NCc1ccc(Oc2ccccc2)cc1)c1nnc(-c2cc(Cl)c(O)c(Cl)c2)n1Cc1ccccc1. The Morgan fingerprint density at radius 1 is 0.816 bits per heavy atom. The zero-order valence-electron chi connectivity index (χ0n) is 20.0. The zero-order chi connectivity index (χ0) is 26.5. The van der Waals surface area contributed by atoms with E-state index in [0.29, 0.717) is 23.7 Å². The Bertz CT molecular complexity index is 1530. The Kier molecular flexibility index (Phi) is 7.58. The topological polar surface area (TPSA) is 89.3 Å². The second kappa shape index (κ2) is 11.4. The van der Waals surface area contributed by atoms with E-state index in [4.69, 9.17) is 27.9 Å². The van der Waals surface area contributed by atoms with Crippen LogP contribution in [0.2, 0.25) is 10.0 Å². The molecule has 0 saturated heterocycles. The molecule has 5 aromatic rings. The van der Waals surface area contributed by atoms with E-state index >= 15 is 0 Å². The number of hydrogen-bond donors (Lipinski definition) is 2. The monoisotopic (exact) mass is 544 g/mol. The summed E-state index contributed by atoms with van der Waals surface area (Å²) in [5.41, 5.74) is 2.37. The second-order valence-corrected chi connectivity index (χ2v) is 9.26. The molecule has 1 aromatic heterocycles. The molecule has 1 amide bonds. The first kappa shape index (κ1) is 25.3. The normalized spacial score (nSPS) is 10.8. The summed E-state index contributed by atoms with van der Waals surface area (Å²) in [6.07, 6.45) is 0. The molecule has 9 heteroatoms. The molecule has 0 spiro atoms. The fourth-order valence-corrected chi connectivity index (χ4v) is 4.34. The van der Waals surface area contributed by atoms with Crippen LogP contribution in [0.3, 0.4) is 0 Å². The Morgan fingerprint density at radius 2 is 1.42 bits per heavy atom. The van der Waals surface area contributed by atoms with Crippen LogP contribution >= 0.6 is 23.2 Å². The maximum Gasteiger partial charge on any atom is 0.289 e. The highest BCUT2D eigenvalue weighted by atomic mass is 35.5. The number of rotatable bonds is 8. The van der Waals surface area contributed by atoms with Crippen molar-refractivity contribution in [1.82, 2.24) is 20.1 Å². The number of hydrogen-bond acceptors (Lipinski definition) is 5. The van der Waals surface area contributed by atoms with Gasteiger partial charge in [0.15, 0.2) is 11.6 Å². The summed E-state index contributed by atoms with van der Waals surface area (Å²) in [4.78, 5) is 13.2. The molecule has 0 unspecified atom stereocenters. The molecular weight excluding hydrogens is 523 g/mol. The Balaban J connectivity index is 1.36. The second-order valence-electron chi connectivity index (χ2n) is 8.45. The first-order valence-electron chi connectivity index (χ1n) is 11.7. The van der Waals surface area contributed by atoms with Gasteiger partial charge in [-0.1, -0.05) is 83.9 Å². The predicted molar refractivity (Wildman–Crippen MR) is 147 cm³/mol. The minimum atomic E-state index is -0.389. The highest BCUT2D eigenvalue weighted by molar-refractivity contribution is 6.37. The quantitative estimate of drug-likeness (QED) is 0.226. The molecule has 1 heterocycles. The average Bonchev–Trinajstić information content (AvgIpc) is 3.35. The lowest BCUT2D eigenvalue weighted by Crippen LogP contribution is -2.26. The van der Waals surface area contributed by atoms with Crippen molar-refractivity contribution in [2.75, 3.05) is 0 Å². The van der Waals surface area contributed by atoms with Gasteiger partial charge in [0.2, 0.25) is 5.82 Å². The fraction of sp³-hybridized carbons (Fsp3) is 0.0690. The summed E-state index contributed by atoms with van der Waals surface area (Å²) < 4.78 is 7.52. The number of para-hydroxylation sites is 1. The largest absolute Gasteiger partial charge is 0.505 e. The summed E-state index contributed by atoms with van der Waals surface area (Å²) in [5.74, 6) is 1.37. The lowest BCUT2D eigenvalue weighted by Gasteiger charge is -2.12. The number of carbonyl (C=O) groups is 1. The number of phenolic OH excluding ortho intramolecular Hbond substituents is 1. The van der Waals surface area contributed by atoms with Gasteiger partial charge in [0.05, 0.1) is 16.6 Å². The van der Waals surface area contributed by atoms with Gasteiger partial charge in [-0.05, 0) is 47.5 Å². The molecule has 4 aromatic carbocycles. The third-order valence-electron chi connectivity index (χ3n) is 5.77. The van der Waals surface area contributed by atoms with Crippen LogP contribution in [0.1, 0.15) is 21.7 Å². The van der Waals surface area contributed by atoms with E-state index in [1.54, 1.807) is 4.57 Å². The molecule has 2 N–H and O–H groups in total. The van der Waals surface area contributed by atoms with Crippen molar-refractivity contribution in [2.45, 2.75) is 13.1 Å². The van der Waals surface area contributed by atoms with E-state index < -0.39 is 0 Å². The van der Waals surface area contributed by atoms with Gasteiger partial charge in [0.1, 0.15) is 11.5 Å². The van der Waals surface area contributed by atoms with Crippen molar-refractivity contribution in [3.05, 3.63) is 124 Å². The number of nitrogens with zero attached hydrogens (tertiary/aromatic N) is 3. The van der Waals surface area contributed by atoms with E-state index in [0.717, 1.165) is 16.9 Å². The third kappa shape index (κ3) is 5.80. The van der Waals surface area contributed by atoms with Crippen molar-refractivity contribution in [1.29, 1.82) is 0 Å². The number of amides is 1. The van der Waals surface area contributed by atoms with Gasteiger partial charge >= 0.3 is 0 Å². The fourth-order valence-electron chi connectivity index (χ4n) is 3.86. The average molecular weight is 545 g/mol. The molecule has 7 nitrogen and oxygen atoms in total. The van der Waals surface area contributed by atoms with E-state index in [1.165, 1.54) is 12.1 Å². The Morgan fingerprint density at radius 3 is 2.08 bits per heavy atom. The van der Waals surface area contributed by atoms with Crippen LogP contribution < -0.4 is 10.1 Å². The van der Waals surface area contributed by atoms with Crippen molar-refractivity contribution >= 4 is 29.1 Å². The van der Waals surface area contributed by atoms with Gasteiger partial charge in [-0.2, -0.15) is 0 Å². The third-order valence-corrected chi connectivity index (χ3v) is 6.34. The Hall–Kier alpha value is -4.33. The first-order chi connectivity index (χ1) is 18.5. The maximum absolute atomic E-state index is 13.2. The van der Waals surface area contributed by atoms with Crippen LogP contribution in [0, 0.1) is 0 Å². The molecule has 0 aliphatic heterocycles. The predicted octanol–water partition coefficient (Wildman–Crippen LogP) is 6.73. The van der Waals surface area contributed by atoms with Crippen LogP contribution in [0.15, 0.2) is 97.1 Å². The number of nitrogens with one attached hydrogen (secondary N) is 1. The summed E-state index contributed by atoms with van der Waals surface area (Å²) in [6.45, 7) is 0.627. The van der Waals surface area contributed by atoms with Crippen LogP contribution in [0.5, 0.6) is 17.2 Å². The van der Waals surface area contributed by atoms with E-state index in [2.05, 4.69) is 15.5 Å². The lowest BCUT2D eigenvalue weighted by atomic mass is 10.1. The lowest BCUT2D eigenvalue weighted by molar-refractivity contribution is 0.0936. The van der Waals surface area contributed by atoms with Gasteiger partial charge < -0.3 is 15.2 Å². The molecular formula is C29H22Cl2N4O3. The molecule has 0 saturated carbocycles. The summed E-state index contributed by atoms with van der Waals surface area (Å²) in [5, 5.41) is 21.5. The minimum Gasteiger partial charge on any atom is -0.505 e. The molecule has 5 rings (SSSR count). The maximum atomic E-state index is 13.2. The van der Waals surface area contributed by atoms with Crippen LogP contribution in [0.25, 0.3) is 11.4 Å². The van der Waals surface area contributed by atoms with Crippen molar-refractivity contribution in [3.8, 4) is 28.6 Å². The number of phenols is 1. The molecule has 190 valence electrons. The van der Waals surface area contributed by atoms with Gasteiger partial charge in [0, 0.05) is 12.1 Å². The smallest absolute Gasteiger partial charge is 0.289 e. The Labute approximate surface area is 229 Å². The number of halogens is 2. The van der Waals surface area contributed by atoms with Crippen LogP contribution in [-0.2, 0) is 13.1 Å². The molecule has 38 heavy (non-hydrogen) atoms. The standard InChI is InChI=1S/C29H22Cl2N4O3/c30-24-15-21(16-25(31)26(24)36)27-33-34-28(35(27)18-20-7-3-1-4-8-20)29(37)32-17-19-11-13-23(14-12-19)38-22-9-5-2-6-10-22/h1-16,36H,17-18H2,(H,32,37). The first-order valence-corrected chi connectivity index (χ1v) is 12.5. The molecule has 0 radical (unpaired) electrons. The number of ether oxygens (including phenoxy) is 1. The van der Waals surface area contributed by atoms with Crippen LogP contribution in [0.4, 0.5) is 0 Å². The van der Waals surface area contributed by atoms with Crippen molar-refractivity contribution in [2.24, 2.45) is 0 Å². The highest BCUT2D eigenvalue weighted by Gasteiger charge is 2.21. The van der Waals surface area contributed by atoms with E-state index in [9.17, 15) is 9.90 Å². The number of aromatic hydroxyl groups is 1. The highest BCUT2D eigenvalue weighted by Crippen LogP contribution is 2.36.